The number of halogens is 2. The van der Waals surface area contributed by atoms with Crippen molar-refractivity contribution < 1.29 is 18.4 Å². The van der Waals surface area contributed by atoms with E-state index in [1.807, 2.05) is 30.3 Å². The van der Waals surface area contributed by atoms with Crippen LogP contribution in [-0.2, 0) is 9.63 Å². The Morgan fingerprint density at radius 3 is 2.64 bits per heavy atom. The summed E-state index contributed by atoms with van der Waals surface area (Å²) in [6.07, 6.45) is 5.27. The third-order valence-corrected chi connectivity index (χ3v) is 7.25. The minimum atomic E-state index is -0.773. The molecule has 1 N–H and O–H groups in total. The molecule has 6 nitrogen and oxygen atoms in total. The molecule has 4 aromatic rings. The van der Waals surface area contributed by atoms with Gasteiger partial charge in [0.15, 0.2) is 5.82 Å². The second-order valence-corrected chi connectivity index (χ2v) is 9.27. The molecule has 0 amide bonds. The van der Waals surface area contributed by atoms with Crippen LogP contribution in [0.5, 0.6) is 0 Å². The number of anilines is 1. The third-order valence-electron chi connectivity index (χ3n) is 7.08. The standard InChI is InChI=1S/C25H21ClFN3O3/c26-25-28-21(17-6-3-5-16-15-4-1-2-7-19(15)32-22(16)17)20(27)23(29-25)30-33-24(31)18-12-13-8-10-14(18)11-9-13/h1-7,13-14,18H,8-12H2,(H,28,29,30). The van der Waals surface area contributed by atoms with E-state index in [1.54, 1.807) is 12.1 Å². The van der Waals surface area contributed by atoms with Gasteiger partial charge in [0, 0.05) is 16.3 Å². The molecule has 0 aliphatic heterocycles. The number of carbonyl (C=O) groups excluding carboxylic acids is 1. The summed E-state index contributed by atoms with van der Waals surface area (Å²) >= 11 is 6.12. The highest BCUT2D eigenvalue weighted by Crippen LogP contribution is 2.45. The Hall–Kier alpha value is -3.19. The minimum Gasteiger partial charge on any atom is -0.455 e. The summed E-state index contributed by atoms with van der Waals surface area (Å²) in [7, 11) is 0. The van der Waals surface area contributed by atoms with Crippen molar-refractivity contribution in [3.63, 3.8) is 0 Å². The molecule has 168 valence electrons. The molecule has 1 atom stereocenters. The lowest BCUT2D eigenvalue weighted by Gasteiger charge is -2.40. The number of carbonyl (C=O) groups is 1. The van der Waals surface area contributed by atoms with Crippen molar-refractivity contribution >= 4 is 45.3 Å². The van der Waals surface area contributed by atoms with E-state index in [-0.39, 0.29) is 28.7 Å². The highest BCUT2D eigenvalue weighted by molar-refractivity contribution is 6.28. The number of furan rings is 1. The Morgan fingerprint density at radius 2 is 1.85 bits per heavy atom. The minimum absolute atomic E-state index is 0.0325. The maximum atomic E-state index is 15.5. The predicted octanol–water partition coefficient (Wildman–Crippen LogP) is 6.53. The maximum absolute atomic E-state index is 15.5. The summed E-state index contributed by atoms with van der Waals surface area (Å²) < 4.78 is 21.5. The first-order valence-corrected chi connectivity index (χ1v) is 11.6. The predicted molar refractivity (Wildman–Crippen MR) is 123 cm³/mol. The van der Waals surface area contributed by atoms with Gasteiger partial charge in [0.2, 0.25) is 11.1 Å². The van der Waals surface area contributed by atoms with Crippen LogP contribution in [-0.4, -0.2) is 15.9 Å². The van der Waals surface area contributed by atoms with Crippen LogP contribution in [0.25, 0.3) is 33.2 Å². The third kappa shape index (κ3) is 3.51. The first-order chi connectivity index (χ1) is 16.1. The highest BCUT2D eigenvalue weighted by Gasteiger charge is 2.40. The van der Waals surface area contributed by atoms with Gasteiger partial charge in [0.1, 0.15) is 16.9 Å². The molecule has 1 unspecified atom stereocenters. The molecule has 2 heterocycles. The molecule has 2 bridgehead atoms. The second-order valence-electron chi connectivity index (χ2n) is 8.93. The normalized spacial score (nSPS) is 22.1. The zero-order valence-corrected chi connectivity index (χ0v) is 18.4. The summed E-state index contributed by atoms with van der Waals surface area (Å²) in [5.74, 6) is -0.676. The fraction of sp³-hybridized carbons (Fsp3) is 0.320. The van der Waals surface area contributed by atoms with E-state index in [1.165, 1.54) is 12.8 Å². The van der Waals surface area contributed by atoms with Crippen LogP contribution in [0.4, 0.5) is 10.2 Å². The summed E-state index contributed by atoms with van der Waals surface area (Å²) in [6, 6.07) is 13.0. The topological polar surface area (TPSA) is 77.2 Å². The van der Waals surface area contributed by atoms with Gasteiger partial charge in [-0.3, -0.25) is 0 Å². The largest absolute Gasteiger partial charge is 0.455 e. The number of nitrogens with one attached hydrogen (secondary N) is 1. The molecule has 7 rings (SSSR count). The number of nitrogens with zero attached hydrogens (tertiary/aromatic N) is 2. The van der Waals surface area contributed by atoms with Crippen molar-refractivity contribution in [1.82, 2.24) is 9.97 Å². The molecule has 3 aliphatic carbocycles. The summed E-state index contributed by atoms with van der Waals surface area (Å²) in [4.78, 5) is 26.0. The van der Waals surface area contributed by atoms with Crippen LogP contribution < -0.4 is 5.48 Å². The lowest BCUT2D eigenvalue weighted by atomic mass is 9.65. The van der Waals surface area contributed by atoms with Gasteiger partial charge in [-0.1, -0.05) is 43.2 Å². The van der Waals surface area contributed by atoms with Crippen molar-refractivity contribution in [2.24, 2.45) is 17.8 Å². The van der Waals surface area contributed by atoms with Gasteiger partial charge in [-0.2, -0.15) is 10.5 Å². The van der Waals surface area contributed by atoms with Gasteiger partial charge >= 0.3 is 5.97 Å². The second kappa shape index (κ2) is 7.99. The Kier molecular flexibility index (Phi) is 4.94. The fourth-order valence-electron chi connectivity index (χ4n) is 5.44. The molecule has 0 spiro atoms. The number of hydrogen-bond acceptors (Lipinski definition) is 6. The lowest BCUT2D eigenvalue weighted by Crippen LogP contribution is -2.37. The number of hydrogen-bond donors (Lipinski definition) is 1. The van der Waals surface area contributed by atoms with E-state index in [2.05, 4.69) is 15.4 Å². The SMILES string of the molecule is O=C(ONc1nc(Cl)nc(-c2cccc3c2oc2ccccc23)c1F)C1CC2CCC1CC2. The highest BCUT2D eigenvalue weighted by atomic mass is 35.5. The van der Waals surface area contributed by atoms with E-state index in [9.17, 15) is 4.79 Å². The zero-order valence-electron chi connectivity index (χ0n) is 17.7. The number of aromatic nitrogens is 2. The smallest absolute Gasteiger partial charge is 0.335 e. The molecule has 33 heavy (non-hydrogen) atoms. The summed E-state index contributed by atoms with van der Waals surface area (Å²) in [6.45, 7) is 0. The van der Waals surface area contributed by atoms with E-state index < -0.39 is 5.82 Å². The van der Waals surface area contributed by atoms with Gasteiger partial charge in [-0.25, -0.2) is 14.2 Å². The monoisotopic (exact) mass is 465 g/mol. The lowest BCUT2D eigenvalue weighted by molar-refractivity contribution is -0.151. The van der Waals surface area contributed by atoms with Gasteiger partial charge in [-0.15, -0.1) is 0 Å². The Bertz CT molecular complexity index is 1380. The summed E-state index contributed by atoms with van der Waals surface area (Å²) in [5.41, 5.74) is 3.99. The molecule has 8 heteroatoms. The molecule has 2 aromatic carbocycles. The van der Waals surface area contributed by atoms with E-state index in [4.69, 9.17) is 20.9 Å². The van der Waals surface area contributed by atoms with Crippen molar-refractivity contribution in [2.45, 2.75) is 32.1 Å². The quantitative estimate of drug-likeness (QED) is 0.272. The average Bonchev–Trinajstić information content (AvgIpc) is 3.24. The number of fused-ring (bicyclic) bond motifs is 6. The van der Waals surface area contributed by atoms with Crippen LogP contribution in [0.2, 0.25) is 5.28 Å². The van der Waals surface area contributed by atoms with Crippen molar-refractivity contribution in [1.29, 1.82) is 0 Å². The Morgan fingerprint density at radius 1 is 1.06 bits per heavy atom. The number of rotatable bonds is 4. The van der Waals surface area contributed by atoms with Crippen LogP contribution in [0.1, 0.15) is 32.1 Å². The first kappa shape index (κ1) is 20.4. The molecular weight excluding hydrogens is 445 g/mol. The van der Waals surface area contributed by atoms with Crippen LogP contribution in [0.15, 0.2) is 46.9 Å². The van der Waals surface area contributed by atoms with Crippen molar-refractivity contribution in [3.05, 3.63) is 53.6 Å². The summed E-state index contributed by atoms with van der Waals surface area (Å²) in [5, 5.41) is 1.59. The molecule has 3 fully saturated rings. The van der Waals surface area contributed by atoms with Gasteiger partial charge in [0.25, 0.3) is 0 Å². The molecule has 0 saturated heterocycles. The number of para-hydroxylation sites is 2. The van der Waals surface area contributed by atoms with Crippen LogP contribution in [0.3, 0.4) is 0 Å². The molecule has 2 aromatic heterocycles. The number of benzene rings is 2. The molecular formula is C25H21ClFN3O3. The van der Waals surface area contributed by atoms with Gasteiger partial charge < -0.3 is 9.25 Å². The van der Waals surface area contributed by atoms with Crippen LogP contribution >= 0.6 is 11.6 Å². The fourth-order valence-corrected chi connectivity index (χ4v) is 5.61. The van der Waals surface area contributed by atoms with Crippen LogP contribution in [0, 0.1) is 23.6 Å². The molecule has 3 aliphatic rings. The maximum Gasteiger partial charge on any atom is 0.335 e. The Labute approximate surface area is 194 Å². The van der Waals surface area contributed by atoms with Gasteiger partial charge in [0.05, 0.1) is 5.92 Å². The molecule has 3 saturated carbocycles. The van der Waals surface area contributed by atoms with E-state index >= 15 is 4.39 Å². The van der Waals surface area contributed by atoms with Crippen molar-refractivity contribution in [2.75, 3.05) is 5.48 Å². The zero-order chi connectivity index (χ0) is 22.5. The average molecular weight is 466 g/mol. The molecule has 0 radical (unpaired) electrons. The Balaban J connectivity index is 1.32. The van der Waals surface area contributed by atoms with Crippen molar-refractivity contribution in [3.8, 4) is 11.3 Å². The van der Waals surface area contributed by atoms with Gasteiger partial charge in [-0.05, 0) is 54.8 Å². The van der Waals surface area contributed by atoms with E-state index in [0.717, 1.165) is 30.0 Å². The first-order valence-electron chi connectivity index (χ1n) is 11.2. The van der Waals surface area contributed by atoms with E-state index in [0.29, 0.717) is 28.6 Å².